The van der Waals surface area contributed by atoms with Gasteiger partial charge in [0.2, 0.25) is 0 Å². The van der Waals surface area contributed by atoms with Gasteiger partial charge < -0.3 is 5.32 Å². The number of nitrogens with one attached hydrogen (secondary N) is 1. The van der Waals surface area contributed by atoms with Crippen molar-refractivity contribution in [1.82, 2.24) is 5.32 Å². The molecule has 1 aromatic rings. The van der Waals surface area contributed by atoms with Crippen LogP contribution in [-0.2, 0) is 0 Å². The lowest BCUT2D eigenvalue weighted by atomic mass is 9.93. The molecule has 1 heterocycles. The average Bonchev–Trinajstić information content (AvgIpc) is 2.56. The van der Waals surface area contributed by atoms with E-state index in [9.17, 15) is 0 Å². The zero-order chi connectivity index (χ0) is 9.26. The van der Waals surface area contributed by atoms with Gasteiger partial charge in [0.15, 0.2) is 0 Å². The molecule has 0 saturated carbocycles. The highest BCUT2D eigenvalue weighted by molar-refractivity contribution is 5.33. The van der Waals surface area contributed by atoms with Crippen molar-refractivity contribution >= 4 is 0 Å². The predicted molar refractivity (Wildman–Crippen MR) is 56.1 cm³/mol. The summed E-state index contributed by atoms with van der Waals surface area (Å²) in [5, 5.41) is 3.41. The van der Waals surface area contributed by atoms with Crippen molar-refractivity contribution < 1.29 is 0 Å². The minimum absolute atomic E-state index is 0.751. The Balaban J connectivity index is 2.29. The molecule has 0 aliphatic carbocycles. The molecule has 1 nitrogen and oxygen atoms in total. The van der Waals surface area contributed by atoms with Gasteiger partial charge in [-0.25, -0.2) is 0 Å². The first-order valence-corrected chi connectivity index (χ1v) is 5.05. The minimum Gasteiger partial charge on any atom is -0.316 e. The monoisotopic (exact) mass is 175 g/mol. The molecular weight excluding hydrogens is 158 g/mol. The van der Waals surface area contributed by atoms with Gasteiger partial charge in [-0.2, -0.15) is 0 Å². The molecule has 1 saturated heterocycles. The van der Waals surface area contributed by atoms with E-state index in [0.717, 1.165) is 12.5 Å². The summed E-state index contributed by atoms with van der Waals surface area (Å²) < 4.78 is 0. The first-order valence-electron chi connectivity index (χ1n) is 5.05. The molecule has 70 valence electrons. The van der Waals surface area contributed by atoms with Crippen LogP contribution in [0.2, 0.25) is 0 Å². The highest BCUT2D eigenvalue weighted by Gasteiger charge is 2.17. The van der Waals surface area contributed by atoms with Gasteiger partial charge >= 0.3 is 0 Å². The van der Waals surface area contributed by atoms with E-state index in [1.54, 1.807) is 0 Å². The topological polar surface area (TPSA) is 12.0 Å². The summed E-state index contributed by atoms with van der Waals surface area (Å²) in [6.45, 7) is 6.71. The second-order valence-corrected chi connectivity index (χ2v) is 4.05. The summed E-state index contributed by atoms with van der Waals surface area (Å²) in [5.41, 5.74) is 4.36. The van der Waals surface area contributed by atoms with Gasteiger partial charge in [-0.15, -0.1) is 0 Å². The third-order valence-electron chi connectivity index (χ3n) is 2.93. The molecule has 2 rings (SSSR count). The second kappa shape index (κ2) is 3.51. The Hall–Kier alpha value is -0.820. The Labute approximate surface area is 80.2 Å². The van der Waals surface area contributed by atoms with Crippen LogP contribution in [0.5, 0.6) is 0 Å². The zero-order valence-corrected chi connectivity index (χ0v) is 8.43. The lowest BCUT2D eigenvalue weighted by molar-refractivity contribution is 0.757. The molecular formula is C12H17N. The van der Waals surface area contributed by atoms with Crippen LogP contribution in [0.25, 0.3) is 0 Å². The standard InChI is InChI=1S/C12H17N/c1-9-3-4-12(10(2)7-9)11-5-6-13-8-11/h3-4,7,11,13H,5-6,8H2,1-2H3/t11-/m1/s1. The lowest BCUT2D eigenvalue weighted by Crippen LogP contribution is -2.08. The Kier molecular flexibility index (Phi) is 2.36. The molecule has 0 bridgehead atoms. The molecule has 0 aromatic heterocycles. The largest absolute Gasteiger partial charge is 0.316 e. The zero-order valence-electron chi connectivity index (χ0n) is 8.43. The van der Waals surface area contributed by atoms with E-state index in [1.165, 1.54) is 29.7 Å². The Bertz CT molecular complexity index is 298. The van der Waals surface area contributed by atoms with E-state index in [2.05, 4.69) is 37.4 Å². The molecule has 1 heteroatoms. The summed E-state index contributed by atoms with van der Waals surface area (Å²) in [4.78, 5) is 0. The minimum atomic E-state index is 0.751. The first-order chi connectivity index (χ1) is 6.27. The maximum absolute atomic E-state index is 3.41. The summed E-state index contributed by atoms with van der Waals surface area (Å²) >= 11 is 0. The molecule has 1 aromatic carbocycles. The summed E-state index contributed by atoms with van der Waals surface area (Å²) in [6.07, 6.45) is 1.30. The van der Waals surface area contributed by atoms with Gasteiger partial charge in [0.05, 0.1) is 0 Å². The van der Waals surface area contributed by atoms with Crippen LogP contribution >= 0.6 is 0 Å². The highest BCUT2D eigenvalue weighted by atomic mass is 14.9. The highest BCUT2D eigenvalue weighted by Crippen LogP contribution is 2.25. The molecule has 1 N–H and O–H groups in total. The van der Waals surface area contributed by atoms with E-state index in [0.29, 0.717) is 0 Å². The Morgan fingerprint density at radius 3 is 2.77 bits per heavy atom. The normalized spacial score (nSPS) is 22.2. The fraction of sp³-hybridized carbons (Fsp3) is 0.500. The number of rotatable bonds is 1. The third kappa shape index (κ3) is 1.75. The van der Waals surface area contributed by atoms with Crippen molar-refractivity contribution in [3.05, 3.63) is 34.9 Å². The van der Waals surface area contributed by atoms with Crippen LogP contribution in [0.15, 0.2) is 18.2 Å². The molecule has 1 fully saturated rings. The quantitative estimate of drug-likeness (QED) is 0.691. The van der Waals surface area contributed by atoms with E-state index in [1.807, 2.05) is 0 Å². The molecule has 0 spiro atoms. The fourth-order valence-corrected chi connectivity index (χ4v) is 2.20. The van der Waals surface area contributed by atoms with Crippen LogP contribution < -0.4 is 5.32 Å². The van der Waals surface area contributed by atoms with Gasteiger partial charge in [-0.1, -0.05) is 23.8 Å². The molecule has 0 radical (unpaired) electrons. The van der Waals surface area contributed by atoms with Crippen LogP contribution in [0.4, 0.5) is 0 Å². The summed E-state index contributed by atoms with van der Waals surface area (Å²) in [5.74, 6) is 0.751. The smallest absolute Gasteiger partial charge is 0.00207 e. The van der Waals surface area contributed by atoms with Crippen LogP contribution in [0.1, 0.15) is 29.0 Å². The van der Waals surface area contributed by atoms with Crippen molar-refractivity contribution in [2.24, 2.45) is 0 Å². The van der Waals surface area contributed by atoms with Crippen molar-refractivity contribution in [3.8, 4) is 0 Å². The first kappa shape index (κ1) is 8.76. The fourth-order valence-electron chi connectivity index (χ4n) is 2.20. The van der Waals surface area contributed by atoms with Crippen LogP contribution in [0, 0.1) is 13.8 Å². The number of benzene rings is 1. The number of hydrogen-bond acceptors (Lipinski definition) is 1. The van der Waals surface area contributed by atoms with E-state index in [-0.39, 0.29) is 0 Å². The molecule has 0 amide bonds. The molecule has 1 aliphatic heterocycles. The predicted octanol–water partition coefficient (Wildman–Crippen LogP) is 2.38. The van der Waals surface area contributed by atoms with Crippen molar-refractivity contribution in [2.75, 3.05) is 13.1 Å². The SMILES string of the molecule is Cc1ccc([C@@H]2CCNC2)c(C)c1. The van der Waals surface area contributed by atoms with E-state index < -0.39 is 0 Å². The molecule has 1 atom stereocenters. The number of hydrogen-bond donors (Lipinski definition) is 1. The molecule has 13 heavy (non-hydrogen) atoms. The van der Waals surface area contributed by atoms with Crippen LogP contribution in [-0.4, -0.2) is 13.1 Å². The Morgan fingerprint density at radius 1 is 1.31 bits per heavy atom. The van der Waals surface area contributed by atoms with Crippen molar-refractivity contribution in [3.63, 3.8) is 0 Å². The van der Waals surface area contributed by atoms with E-state index >= 15 is 0 Å². The van der Waals surface area contributed by atoms with Gasteiger partial charge in [0.1, 0.15) is 0 Å². The van der Waals surface area contributed by atoms with Crippen LogP contribution in [0.3, 0.4) is 0 Å². The maximum Gasteiger partial charge on any atom is 0.00207 e. The molecule has 1 aliphatic rings. The molecule has 0 unspecified atom stereocenters. The van der Waals surface area contributed by atoms with Gasteiger partial charge in [0.25, 0.3) is 0 Å². The van der Waals surface area contributed by atoms with Crippen molar-refractivity contribution in [1.29, 1.82) is 0 Å². The summed E-state index contributed by atoms with van der Waals surface area (Å²) in [6, 6.07) is 6.80. The van der Waals surface area contributed by atoms with Gasteiger partial charge in [-0.3, -0.25) is 0 Å². The third-order valence-corrected chi connectivity index (χ3v) is 2.93. The number of aryl methyl sites for hydroxylation is 2. The second-order valence-electron chi connectivity index (χ2n) is 4.05. The summed E-state index contributed by atoms with van der Waals surface area (Å²) in [7, 11) is 0. The van der Waals surface area contributed by atoms with Crippen molar-refractivity contribution in [2.45, 2.75) is 26.2 Å². The maximum atomic E-state index is 3.41. The average molecular weight is 175 g/mol. The van der Waals surface area contributed by atoms with Gasteiger partial charge in [0, 0.05) is 6.54 Å². The Morgan fingerprint density at radius 2 is 2.15 bits per heavy atom. The van der Waals surface area contributed by atoms with Gasteiger partial charge in [-0.05, 0) is 43.9 Å². The lowest BCUT2D eigenvalue weighted by Gasteiger charge is -2.12. The van der Waals surface area contributed by atoms with E-state index in [4.69, 9.17) is 0 Å².